The Bertz CT molecular complexity index is 979. The van der Waals surface area contributed by atoms with E-state index >= 15 is 0 Å². The zero-order valence-corrected chi connectivity index (χ0v) is 16.5. The van der Waals surface area contributed by atoms with Crippen molar-refractivity contribution >= 4 is 5.91 Å². The van der Waals surface area contributed by atoms with E-state index < -0.39 is 0 Å². The van der Waals surface area contributed by atoms with Gasteiger partial charge in [-0.1, -0.05) is 31.2 Å². The molecule has 0 saturated carbocycles. The van der Waals surface area contributed by atoms with Crippen LogP contribution in [0.2, 0.25) is 0 Å². The monoisotopic (exact) mass is 391 g/mol. The number of ether oxygens (including phenoxy) is 2. The average Bonchev–Trinajstić information content (AvgIpc) is 3.21. The van der Waals surface area contributed by atoms with E-state index in [-0.39, 0.29) is 5.91 Å². The Morgan fingerprint density at radius 1 is 1.17 bits per heavy atom. The summed E-state index contributed by atoms with van der Waals surface area (Å²) in [4.78, 5) is 12.3. The van der Waals surface area contributed by atoms with Crippen molar-refractivity contribution in [3.05, 3.63) is 59.7 Å². The van der Waals surface area contributed by atoms with Crippen molar-refractivity contribution in [3.63, 3.8) is 0 Å². The number of nitrogens with zero attached hydrogens (tertiary/aromatic N) is 1. The molecule has 4 rings (SSSR count). The molecule has 0 unspecified atom stereocenters. The first-order chi connectivity index (χ1) is 14.3. The van der Waals surface area contributed by atoms with Crippen LogP contribution in [0.25, 0.3) is 22.5 Å². The number of para-hydroxylation sites is 1. The molecule has 6 heteroatoms. The summed E-state index contributed by atoms with van der Waals surface area (Å²) >= 11 is 0. The van der Waals surface area contributed by atoms with Gasteiger partial charge in [-0.25, -0.2) is 0 Å². The Labute approximate surface area is 170 Å². The maximum Gasteiger partial charge on any atom is 0.251 e. The number of carbonyl (C=O) groups excluding carboxylic acids is 1. The first-order valence-electron chi connectivity index (χ1n) is 10.0. The largest absolute Gasteiger partial charge is 0.488 e. The third kappa shape index (κ3) is 4.17. The number of aromatic amines is 1. The van der Waals surface area contributed by atoms with Crippen LogP contribution in [0.3, 0.4) is 0 Å². The molecule has 29 heavy (non-hydrogen) atoms. The zero-order valence-electron chi connectivity index (χ0n) is 16.5. The molecule has 1 aliphatic heterocycles. The fourth-order valence-electron chi connectivity index (χ4n) is 3.42. The van der Waals surface area contributed by atoms with E-state index in [9.17, 15) is 4.79 Å². The fraction of sp³-hybridized carbons (Fsp3) is 0.304. The highest BCUT2D eigenvalue weighted by molar-refractivity contribution is 5.94. The number of carbonyl (C=O) groups is 1. The van der Waals surface area contributed by atoms with E-state index in [0.717, 1.165) is 53.3 Å². The molecule has 1 amide bonds. The Morgan fingerprint density at radius 3 is 2.83 bits per heavy atom. The maximum absolute atomic E-state index is 12.3. The van der Waals surface area contributed by atoms with Crippen LogP contribution < -0.4 is 10.1 Å². The lowest BCUT2D eigenvalue weighted by atomic mass is 9.99. The third-order valence-electron chi connectivity index (χ3n) is 4.92. The van der Waals surface area contributed by atoms with Gasteiger partial charge in [-0.3, -0.25) is 9.89 Å². The van der Waals surface area contributed by atoms with E-state index in [1.807, 2.05) is 48.5 Å². The molecule has 0 atom stereocenters. The SMILES string of the molecule is CCCOCCCNC(=O)c1ccc(-c2n[nH]c3c2COc2ccccc2-3)cc1. The molecule has 6 nitrogen and oxygen atoms in total. The molecular formula is C23H25N3O3. The molecule has 3 aromatic rings. The number of aromatic nitrogens is 2. The van der Waals surface area contributed by atoms with Gasteiger partial charge in [-0.2, -0.15) is 5.10 Å². The van der Waals surface area contributed by atoms with Gasteiger partial charge in [0.15, 0.2) is 0 Å². The Morgan fingerprint density at radius 2 is 2.00 bits per heavy atom. The van der Waals surface area contributed by atoms with Crippen molar-refractivity contribution < 1.29 is 14.3 Å². The Hall–Kier alpha value is -3.12. The molecule has 1 aromatic heterocycles. The van der Waals surface area contributed by atoms with Crippen LogP contribution in [0.1, 0.15) is 35.7 Å². The molecule has 0 bridgehead atoms. The summed E-state index contributed by atoms with van der Waals surface area (Å²) in [5.41, 5.74) is 5.49. The van der Waals surface area contributed by atoms with Crippen molar-refractivity contribution in [2.75, 3.05) is 19.8 Å². The summed E-state index contributed by atoms with van der Waals surface area (Å²) in [5, 5.41) is 10.6. The van der Waals surface area contributed by atoms with Crippen molar-refractivity contribution in [1.29, 1.82) is 0 Å². The van der Waals surface area contributed by atoms with E-state index in [1.165, 1.54) is 0 Å². The van der Waals surface area contributed by atoms with Crippen LogP contribution in [0.4, 0.5) is 0 Å². The van der Waals surface area contributed by atoms with Crippen LogP contribution >= 0.6 is 0 Å². The second kappa shape index (κ2) is 8.92. The molecule has 2 N–H and O–H groups in total. The summed E-state index contributed by atoms with van der Waals surface area (Å²) in [6.07, 6.45) is 1.82. The normalized spacial score (nSPS) is 12.0. The van der Waals surface area contributed by atoms with Gasteiger partial charge >= 0.3 is 0 Å². The lowest BCUT2D eigenvalue weighted by Crippen LogP contribution is -2.25. The lowest BCUT2D eigenvalue weighted by molar-refractivity contribution is 0.0941. The summed E-state index contributed by atoms with van der Waals surface area (Å²) < 4.78 is 11.3. The number of amides is 1. The smallest absolute Gasteiger partial charge is 0.251 e. The molecule has 2 heterocycles. The molecule has 2 aromatic carbocycles. The van der Waals surface area contributed by atoms with Crippen LogP contribution in [-0.4, -0.2) is 35.9 Å². The molecule has 0 radical (unpaired) electrons. The standard InChI is InChI=1S/C23H25N3O3/c1-2-13-28-14-5-12-24-23(27)17-10-8-16(9-11-17)21-19-15-29-20-7-4-3-6-18(20)22(19)26-25-21/h3-4,6-11H,2,5,12-15H2,1H3,(H,24,27)(H,25,26). The predicted octanol–water partition coefficient (Wildman–Crippen LogP) is 4.18. The van der Waals surface area contributed by atoms with Gasteiger partial charge in [0.2, 0.25) is 0 Å². The van der Waals surface area contributed by atoms with Crippen LogP contribution in [0.5, 0.6) is 5.75 Å². The van der Waals surface area contributed by atoms with Gasteiger partial charge in [-0.15, -0.1) is 0 Å². The van der Waals surface area contributed by atoms with Crippen molar-refractivity contribution in [3.8, 4) is 28.3 Å². The topological polar surface area (TPSA) is 76.2 Å². The number of hydrogen-bond acceptors (Lipinski definition) is 4. The summed E-state index contributed by atoms with van der Waals surface area (Å²) in [7, 11) is 0. The molecule has 0 spiro atoms. The van der Waals surface area contributed by atoms with Crippen molar-refractivity contribution in [1.82, 2.24) is 15.5 Å². The summed E-state index contributed by atoms with van der Waals surface area (Å²) in [6.45, 7) is 4.59. The van der Waals surface area contributed by atoms with E-state index in [2.05, 4.69) is 22.4 Å². The molecule has 150 valence electrons. The number of benzene rings is 2. The van der Waals surface area contributed by atoms with Gasteiger partial charge in [0.25, 0.3) is 5.91 Å². The number of H-pyrrole nitrogens is 1. The quantitative estimate of drug-likeness (QED) is 0.565. The Kier molecular flexibility index (Phi) is 5.91. The number of hydrogen-bond donors (Lipinski definition) is 2. The van der Waals surface area contributed by atoms with Crippen molar-refractivity contribution in [2.24, 2.45) is 0 Å². The fourth-order valence-corrected chi connectivity index (χ4v) is 3.42. The maximum atomic E-state index is 12.3. The predicted molar refractivity (Wildman–Crippen MR) is 112 cm³/mol. The number of nitrogens with one attached hydrogen (secondary N) is 2. The van der Waals surface area contributed by atoms with Crippen LogP contribution in [-0.2, 0) is 11.3 Å². The van der Waals surface area contributed by atoms with Gasteiger partial charge in [0.1, 0.15) is 12.4 Å². The summed E-state index contributed by atoms with van der Waals surface area (Å²) in [5.74, 6) is 0.788. The number of fused-ring (bicyclic) bond motifs is 3. The number of rotatable bonds is 8. The lowest BCUT2D eigenvalue weighted by Gasteiger charge is -2.17. The highest BCUT2D eigenvalue weighted by Crippen LogP contribution is 2.39. The minimum atomic E-state index is -0.0756. The van der Waals surface area contributed by atoms with Gasteiger partial charge < -0.3 is 14.8 Å². The molecule has 0 fully saturated rings. The van der Waals surface area contributed by atoms with E-state index in [4.69, 9.17) is 9.47 Å². The third-order valence-corrected chi connectivity index (χ3v) is 4.92. The van der Waals surface area contributed by atoms with Gasteiger partial charge in [0, 0.05) is 42.0 Å². The molecule has 0 aliphatic carbocycles. The molecular weight excluding hydrogens is 366 g/mol. The molecule has 0 saturated heterocycles. The van der Waals surface area contributed by atoms with Gasteiger partial charge in [0.05, 0.1) is 11.4 Å². The second-order valence-corrected chi connectivity index (χ2v) is 7.01. The highest BCUT2D eigenvalue weighted by atomic mass is 16.5. The van der Waals surface area contributed by atoms with Crippen molar-refractivity contribution in [2.45, 2.75) is 26.4 Å². The first-order valence-corrected chi connectivity index (χ1v) is 10.0. The van der Waals surface area contributed by atoms with Crippen LogP contribution in [0.15, 0.2) is 48.5 Å². The van der Waals surface area contributed by atoms with E-state index in [1.54, 1.807) is 0 Å². The van der Waals surface area contributed by atoms with Crippen LogP contribution in [0, 0.1) is 0 Å². The second-order valence-electron chi connectivity index (χ2n) is 7.01. The first kappa shape index (κ1) is 19.2. The van der Waals surface area contributed by atoms with E-state index in [0.29, 0.717) is 25.3 Å². The zero-order chi connectivity index (χ0) is 20.1. The Balaban J connectivity index is 1.42. The van der Waals surface area contributed by atoms with Gasteiger partial charge in [-0.05, 0) is 37.1 Å². The highest BCUT2D eigenvalue weighted by Gasteiger charge is 2.23. The minimum Gasteiger partial charge on any atom is -0.488 e. The minimum absolute atomic E-state index is 0.0756. The molecule has 1 aliphatic rings. The summed E-state index contributed by atoms with van der Waals surface area (Å²) in [6, 6.07) is 15.4. The average molecular weight is 391 g/mol.